The van der Waals surface area contributed by atoms with Gasteiger partial charge in [-0.05, 0) is 62.4 Å². The predicted molar refractivity (Wildman–Crippen MR) is 258 cm³/mol. The van der Waals surface area contributed by atoms with E-state index in [1.54, 1.807) is 0 Å². The van der Waals surface area contributed by atoms with Gasteiger partial charge in [-0.2, -0.15) is 0 Å². The van der Waals surface area contributed by atoms with Gasteiger partial charge < -0.3 is 4.42 Å². The third-order valence-corrected chi connectivity index (χ3v) is 12.0. The molecule has 294 valence electrons. The molecule has 0 fully saturated rings. The molecule has 5 heteroatoms. The zero-order valence-electron chi connectivity index (χ0n) is 34.0. The summed E-state index contributed by atoms with van der Waals surface area (Å²) in [5.41, 5.74) is 14.0. The van der Waals surface area contributed by atoms with Crippen LogP contribution in [0.5, 0.6) is 0 Å². The molecule has 0 unspecified atom stereocenters. The van der Waals surface area contributed by atoms with Crippen LogP contribution in [0.4, 0.5) is 0 Å². The van der Waals surface area contributed by atoms with Gasteiger partial charge in [0.05, 0.1) is 16.6 Å². The lowest BCUT2D eigenvalue weighted by Crippen LogP contribution is -2.00. The standard InChI is InChI=1S/C58H36N4O/c1-3-12-37(13-4-1)39-22-28-43(29-23-39)56-60-57(44-30-24-40(25-31-44)38-14-5-2-6-15-38)62-58(61-56)45-32-26-41(27-33-45)46-34-35-51-50(36-46)55-53(49-19-9-10-21-52(49)63-55)54(59-51)48-20-11-17-42-16-7-8-18-47(42)48/h1-36H. The van der Waals surface area contributed by atoms with Crippen molar-refractivity contribution < 1.29 is 4.42 Å². The Balaban J connectivity index is 0.940. The van der Waals surface area contributed by atoms with Crippen molar-refractivity contribution in [3.63, 3.8) is 0 Å². The number of furan rings is 1. The Hall–Kier alpha value is -8.54. The molecule has 9 aromatic carbocycles. The maximum atomic E-state index is 6.70. The monoisotopic (exact) mass is 804 g/mol. The highest BCUT2D eigenvalue weighted by Crippen LogP contribution is 2.42. The number of pyridine rings is 1. The SMILES string of the molecule is c1ccc(-c2ccc(-c3nc(-c4ccc(-c5ccccc5)cc4)nc(-c4ccc(-c5ccc6nc(-c7cccc8ccccc78)c7c8ccccc8oc7c6c5)cc4)n3)cc2)cc1. The average Bonchev–Trinajstić information content (AvgIpc) is 3.77. The first kappa shape index (κ1) is 36.3. The van der Waals surface area contributed by atoms with E-state index < -0.39 is 0 Å². The molecule has 3 heterocycles. The van der Waals surface area contributed by atoms with Gasteiger partial charge in [0.25, 0.3) is 0 Å². The van der Waals surface area contributed by atoms with E-state index >= 15 is 0 Å². The van der Waals surface area contributed by atoms with Crippen LogP contribution in [0.3, 0.4) is 0 Å². The number of rotatable bonds is 7. The molecule has 0 spiro atoms. The van der Waals surface area contributed by atoms with Crippen molar-refractivity contribution in [2.75, 3.05) is 0 Å². The molecule has 0 aliphatic rings. The molecular weight excluding hydrogens is 769 g/mol. The number of benzene rings is 9. The highest BCUT2D eigenvalue weighted by Gasteiger charge is 2.20. The summed E-state index contributed by atoms with van der Waals surface area (Å²) in [4.78, 5) is 20.5. The summed E-state index contributed by atoms with van der Waals surface area (Å²) in [6, 6.07) is 75.7. The van der Waals surface area contributed by atoms with Crippen LogP contribution in [0, 0.1) is 0 Å². The van der Waals surface area contributed by atoms with Gasteiger partial charge in [-0.3, -0.25) is 0 Å². The highest BCUT2D eigenvalue weighted by atomic mass is 16.3. The molecule has 0 bridgehead atoms. The molecule has 0 N–H and O–H groups in total. The lowest BCUT2D eigenvalue weighted by Gasteiger charge is -2.11. The Bertz CT molecular complexity index is 3530. The van der Waals surface area contributed by atoms with Gasteiger partial charge in [0.1, 0.15) is 11.2 Å². The van der Waals surface area contributed by atoms with Gasteiger partial charge in [-0.25, -0.2) is 19.9 Å². The van der Waals surface area contributed by atoms with Crippen molar-refractivity contribution in [1.82, 2.24) is 19.9 Å². The van der Waals surface area contributed by atoms with E-state index in [1.807, 2.05) is 24.3 Å². The minimum absolute atomic E-state index is 0.605. The van der Waals surface area contributed by atoms with Crippen LogP contribution >= 0.6 is 0 Å². The fourth-order valence-electron chi connectivity index (χ4n) is 8.73. The van der Waals surface area contributed by atoms with Gasteiger partial charge in [0.15, 0.2) is 17.5 Å². The zero-order valence-corrected chi connectivity index (χ0v) is 34.0. The van der Waals surface area contributed by atoms with E-state index in [9.17, 15) is 0 Å². The molecule has 3 aromatic heterocycles. The summed E-state index contributed by atoms with van der Waals surface area (Å²) >= 11 is 0. The van der Waals surface area contributed by atoms with Gasteiger partial charge in [0.2, 0.25) is 0 Å². The molecule has 0 saturated heterocycles. The fraction of sp³-hybridized carbons (Fsp3) is 0. The van der Waals surface area contributed by atoms with Gasteiger partial charge >= 0.3 is 0 Å². The number of hydrogen-bond donors (Lipinski definition) is 0. The van der Waals surface area contributed by atoms with E-state index in [1.165, 1.54) is 5.39 Å². The van der Waals surface area contributed by atoms with Crippen molar-refractivity contribution in [2.24, 2.45) is 0 Å². The van der Waals surface area contributed by atoms with Crippen LogP contribution in [0.1, 0.15) is 0 Å². The maximum Gasteiger partial charge on any atom is 0.164 e. The normalized spacial score (nSPS) is 11.5. The quantitative estimate of drug-likeness (QED) is 0.161. The number of nitrogens with zero attached hydrogens (tertiary/aromatic N) is 4. The van der Waals surface area contributed by atoms with Crippen molar-refractivity contribution in [1.29, 1.82) is 0 Å². The van der Waals surface area contributed by atoms with Crippen LogP contribution < -0.4 is 0 Å². The molecule has 12 aromatic rings. The summed E-state index contributed by atoms with van der Waals surface area (Å²) in [6.07, 6.45) is 0. The number of para-hydroxylation sites is 1. The topological polar surface area (TPSA) is 64.7 Å². The zero-order chi connectivity index (χ0) is 41.7. The molecule has 0 amide bonds. The second-order valence-corrected chi connectivity index (χ2v) is 15.8. The smallest absolute Gasteiger partial charge is 0.164 e. The molecular formula is C58H36N4O. The van der Waals surface area contributed by atoms with E-state index in [0.717, 1.165) is 99.6 Å². The number of hydrogen-bond acceptors (Lipinski definition) is 5. The summed E-state index contributed by atoms with van der Waals surface area (Å²) < 4.78 is 6.70. The van der Waals surface area contributed by atoms with Crippen molar-refractivity contribution >= 4 is 43.6 Å². The second-order valence-electron chi connectivity index (χ2n) is 15.8. The Kier molecular flexibility index (Phi) is 8.75. The highest BCUT2D eigenvalue weighted by molar-refractivity contribution is 6.21. The largest absolute Gasteiger partial charge is 0.455 e. The Morgan fingerprint density at radius 1 is 0.302 bits per heavy atom. The Morgan fingerprint density at radius 3 is 1.33 bits per heavy atom. The van der Waals surface area contributed by atoms with Gasteiger partial charge in [0, 0.05) is 33.0 Å². The van der Waals surface area contributed by atoms with E-state index in [4.69, 9.17) is 24.4 Å². The van der Waals surface area contributed by atoms with Crippen LogP contribution in [0.2, 0.25) is 0 Å². The molecule has 0 atom stereocenters. The summed E-state index contributed by atoms with van der Waals surface area (Å²) in [6.45, 7) is 0. The van der Waals surface area contributed by atoms with Gasteiger partial charge in [-0.15, -0.1) is 0 Å². The minimum atomic E-state index is 0.605. The maximum absolute atomic E-state index is 6.70. The Labute approximate surface area is 363 Å². The van der Waals surface area contributed by atoms with E-state index in [0.29, 0.717) is 17.5 Å². The van der Waals surface area contributed by atoms with Crippen LogP contribution in [-0.4, -0.2) is 19.9 Å². The second kappa shape index (κ2) is 15.2. The first-order valence-corrected chi connectivity index (χ1v) is 21.1. The summed E-state index contributed by atoms with van der Waals surface area (Å²) in [5.74, 6) is 1.84. The van der Waals surface area contributed by atoms with Crippen LogP contribution in [0.25, 0.3) is 122 Å². The third kappa shape index (κ3) is 6.60. The third-order valence-electron chi connectivity index (χ3n) is 12.0. The van der Waals surface area contributed by atoms with Crippen LogP contribution in [0.15, 0.2) is 223 Å². The molecule has 0 aliphatic heterocycles. The molecule has 5 nitrogen and oxygen atoms in total. The molecule has 0 radical (unpaired) electrons. The van der Waals surface area contributed by atoms with E-state index in [-0.39, 0.29) is 0 Å². The van der Waals surface area contributed by atoms with Crippen molar-refractivity contribution in [2.45, 2.75) is 0 Å². The number of aromatic nitrogens is 4. The lowest BCUT2D eigenvalue weighted by molar-refractivity contribution is 0.672. The van der Waals surface area contributed by atoms with E-state index in [2.05, 4.69) is 194 Å². The Morgan fingerprint density at radius 2 is 0.746 bits per heavy atom. The summed E-state index contributed by atoms with van der Waals surface area (Å²) in [5, 5.41) is 5.38. The van der Waals surface area contributed by atoms with Crippen LogP contribution in [-0.2, 0) is 0 Å². The molecule has 0 aliphatic carbocycles. The molecule has 0 saturated carbocycles. The lowest BCUT2D eigenvalue weighted by atomic mass is 9.96. The number of fused-ring (bicyclic) bond motifs is 6. The first-order chi connectivity index (χ1) is 31.2. The minimum Gasteiger partial charge on any atom is -0.455 e. The van der Waals surface area contributed by atoms with Gasteiger partial charge in [-0.1, -0.05) is 200 Å². The molecule has 63 heavy (non-hydrogen) atoms. The van der Waals surface area contributed by atoms with Crippen molar-refractivity contribution in [3.05, 3.63) is 218 Å². The molecule has 12 rings (SSSR count). The fourth-order valence-corrected chi connectivity index (χ4v) is 8.73. The first-order valence-electron chi connectivity index (χ1n) is 21.1. The summed E-state index contributed by atoms with van der Waals surface area (Å²) in [7, 11) is 0. The predicted octanol–water partition coefficient (Wildman–Crippen LogP) is 15.1. The van der Waals surface area contributed by atoms with Crippen molar-refractivity contribution in [3.8, 4) is 78.8 Å². The average molecular weight is 805 g/mol.